The summed E-state index contributed by atoms with van der Waals surface area (Å²) in [5, 5.41) is 2.80. The quantitative estimate of drug-likeness (QED) is 0.317. The van der Waals surface area contributed by atoms with Crippen molar-refractivity contribution in [3.63, 3.8) is 0 Å². The molecule has 7 nitrogen and oxygen atoms in total. The lowest BCUT2D eigenvalue weighted by Gasteiger charge is -2.33. The summed E-state index contributed by atoms with van der Waals surface area (Å²) in [6.07, 6.45) is 4.99. The second kappa shape index (κ2) is 13.5. The van der Waals surface area contributed by atoms with E-state index in [9.17, 15) is 22.4 Å². The molecule has 218 valence electrons. The number of benzene rings is 3. The standard InChI is InChI=1S/C31H35ClFN3O4S/c1-22-10-9-11-24(18-22)20-35(23(2)31(38)34-25-12-5-3-6-13-25)30(37)21-36(26-16-17-29(33)28(32)19-26)41(39,40)27-14-7-4-8-15-27/h4,7-11,14-19,23,25H,3,5-6,12-13,20-21H2,1-2H3,(H,34,38). The van der Waals surface area contributed by atoms with Gasteiger partial charge < -0.3 is 10.2 Å². The highest BCUT2D eigenvalue weighted by atomic mass is 35.5. The number of anilines is 1. The number of nitrogens with one attached hydrogen (secondary N) is 1. The Morgan fingerprint density at radius 1 is 1.00 bits per heavy atom. The first-order valence-corrected chi connectivity index (χ1v) is 15.6. The maximum Gasteiger partial charge on any atom is 0.264 e. The molecule has 4 rings (SSSR count). The van der Waals surface area contributed by atoms with Gasteiger partial charge in [0.25, 0.3) is 10.0 Å². The van der Waals surface area contributed by atoms with Crippen molar-refractivity contribution in [2.24, 2.45) is 0 Å². The average Bonchev–Trinajstić information content (AvgIpc) is 2.96. The highest BCUT2D eigenvalue weighted by Gasteiger charge is 2.33. The number of halogens is 2. The van der Waals surface area contributed by atoms with Crippen molar-refractivity contribution in [1.29, 1.82) is 0 Å². The van der Waals surface area contributed by atoms with Gasteiger partial charge in [0.15, 0.2) is 0 Å². The molecule has 2 amide bonds. The van der Waals surface area contributed by atoms with Crippen LogP contribution in [0.4, 0.5) is 10.1 Å². The van der Waals surface area contributed by atoms with Crippen LogP contribution in [-0.2, 0) is 26.2 Å². The maximum absolute atomic E-state index is 14.0. The van der Waals surface area contributed by atoms with Crippen LogP contribution < -0.4 is 9.62 Å². The molecule has 3 aromatic rings. The zero-order chi connectivity index (χ0) is 29.6. The summed E-state index contributed by atoms with van der Waals surface area (Å²) >= 11 is 6.02. The van der Waals surface area contributed by atoms with Gasteiger partial charge >= 0.3 is 0 Å². The number of carbonyl (C=O) groups excluding carboxylic acids is 2. The van der Waals surface area contributed by atoms with Crippen LogP contribution in [0.3, 0.4) is 0 Å². The summed E-state index contributed by atoms with van der Waals surface area (Å²) in [4.78, 5) is 28.7. The van der Waals surface area contributed by atoms with Gasteiger partial charge in [0.2, 0.25) is 11.8 Å². The van der Waals surface area contributed by atoms with Crippen molar-refractivity contribution in [1.82, 2.24) is 10.2 Å². The second-order valence-corrected chi connectivity index (χ2v) is 12.7. The predicted molar refractivity (Wildman–Crippen MR) is 159 cm³/mol. The van der Waals surface area contributed by atoms with Crippen LogP contribution in [-0.4, -0.2) is 43.8 Å². The van der Waals surface area contributed by atoms with Crippen molar-refractivity contribution in [2.45, 2.75) is 69.5 Å². The number of rotatable bonds is 10. The van der Waals surface area contributed by atoms with Gasteiger partial charge in [-0.2, -0.15) is 0 Å². The number of aryl methyl sites for hydroxylation is 1. The van der Waals surface area contributed by atoms with E-state index in [1.54, 1.807) is 25.1 Å². The molecule has 1 atom stereocenters. The van der Waals surface area contributed by atoms with Crippen molar-refractivity contribution in [3.8, 4) is 0 Å². The second-order valence-electron chi connectivity index (χ2n) is 10.5. The topological polar surface area (TPSA) is 86.8 Å². The van der Waals surface area contributed by atoms with Gasteiger partial charge in [0.1, 0.15) is 18.4 Å². The number of carbonyl (C=O) groups is 2. The van der Waals surface area contributed by atoms with Crippen molar-refractivity contribution in [2.75, 3.05) is 10.8 Å². The summed E-state index contributed by atoms with van der Waals surface area (Å²) in [5.41, 5.74) is 1.82. The fourth-order valence-electron chi connectivity index (χ4n) is 5.05. The van der Waals surface area contributed by atoms with Crippen LogP contribution in [0.2, 0.25) is 5.02 Å². The maximum atomic E-state index is 14.0. The van der Waals surface area contributed by atoms with Gasteiger partial charge in [0, 0.05) is 12.6 Å². The summed E-state index contributed by atoms with van der Waals surface area (Å²) in [5.74, 6) is -1.59. The molecule has 0 heterocycles. The molecule has 1 saturated carbocycles. The third-order valence-corrected chi connectivity index (χ3v) is 9.43. The van der Waals surface area contributed by atoms with Crippen LogP contribution in [0.5, 0.6) is 0 Å². The monoisotopic (exact) mass is 599 g/mol. The Bertz CT molecular complexity index is 1480. The van der Waals surface area contributed by atoms with Crippen LogP contribution in [0, 0.1) is 12.7 Å². The van der Waals surface area contributed by atoms with Crippen LogP contribution in [0.25, 0.3) is 0 Å². The van der Waals surface area contributed by atoms with E-state index in [4.69, 9.17) is 11.6 Å². The Labute approximate surface area is 246 Å². The van der Waals surface area contributed by atoms with Gasteiger partial charge in [-0.15, -0.1) is 0 Å². The molecular weight excluding hydrogens is 565 g/mol. The SMILES string of the molecule is Cc1cccc(CN(C(=O)CN(c2ccc(F)c(Cl)c2)S(=O)(=O)c2ccccc2)C(C)C(=O)NC2CCCCC2)c1. The molecule has 1 unspecified atom stereocenters. The molecule has 10 heteroatoms. The first kappa shape index (κ1) is 30.5. The van der Waals surface area contributed by atoms with Gasteiger partial charge in [-0.25, -0.2) is 12.8 Å². The lowest BCUT2D eigenvalue weighted by atomic mass is 9.95. The smallest absolute Gasteiger partial charge is 0.264 e. The number of hydrogen-bond acceptors (Lipinski definition) is 4. The minimum absolute atomic E-state index is 0.0309. The van der Waals surface area contributed by atoms with E-state index in [1.165, 1.54) is 29.2 Å². The Kier molecular flexibility index (Phi) is 10.0. The molecule has 0 aliphatic heterocycles. The molecule has 0 radical (unpaired) electrons. The molecule has 1 aliphatic carbocycles. The molecule has 3 aromatic carbocycles. The van der Waals surface area contributed by atoms with Gasteiger partial charge in [-0.05, 0) is 62.6 Å². The lowest BCUT2D eigenvalue weighted by Crippen LogP contribution is -2.53. The van der Waals surface area contributed by atoms with E-state index in [0.717, 1.165) is 53.6 Å². The average molecular weight is 600 g/mol. The fourth-order valence-corrected chi connectivity index (χ4v) is 6.65. The Morgan fingerprint density at radius 3 is 2.37 bits per heavy atom. The highest BCUT2D eigenvalue weighted by Crippen LogP contribution is 2.28. The van der Waals surface area contributed by atoms with E-state index in [-0.39, 0.29) is 34.1 Å². The van der Waals surface area contributed by atoms with E-state index in [2.05, 4.69) is 5.32 Å². The fraction of sp³-hybridized carbons (Fsp3) is 0.355. The third-order valence-electron chi connectivity index (χ3n) is 7.36. The zero-order valence-corrected chi connectivity index (χ0v) is 24.8. The minimum atomic E-state index is -4.26. The normalized spacial score (nSPS) is 14.7. The third kappa shape index (κ3) is 7.65. The summed E-state index contributed by atoms with van der Waals surface area (Å²) in [6, 6.07) is 17.9. The molecule has 0 saturated heterocycles. The summed E-state index contributed by atoms with van der Waals surface area (Å²) in [6.45, 7) is 3.06. The van der Waals surface area contributed by atoms with E-state index in [1.807, 2.05) is 31.2 Å². The Morgan fingerprint density at radius 2 is 1.71 bits per heavy atom. The highest BCUT2D eigenvalue weighted by molar-refractivity contribution is 7.92. The molecule has 1 fully saturated rings. The van der Waals surface area contributed by atoms with Gasteiger partial charge in [0.05, 0.1) is 15.6 Å². The van der Waals surface area contributed by atoms with Crippen molar-refractivity contribution in [3.05, 3.63) is 94.8 Å². The van der Waals surface area contributed by atoms with E-state index >= 15 is 0 Å². The predicted octanol–water partition coefficient (Wildman–Crippen LogP) is 5.85. The summed E-state index contributed by atoms with van der Waals surface area (Å²) < 4.78 is 42.5. The largest absolute Gasteiger partial charge is 0.352 e. The van der Waals surface area contributed by atoms with Crippen LogP contribution >= 0.6 is 11.6 Å². The van der Waals surface area contributed by atoms with E-state index < -0.39 is 34.3 Å². The van der Waals surface area contributed by atoms with E-state index in [0.29, 0.717) is 0 Å². The summed E-state index contributed by atoms with van der Waals surface area (Å²) in [7, 11) is -4.26. The molecule has 0 spiro atoms. The van der Waals surface area contributed by atoms with Crippen molar-refractivity contribution < 1.29 is 22.4 Å². The molecule has 0 bridgehead atoms. The molecule has 1 aliphatic rings. The molecular formula is C31H35ClFN3O4S. The first-order valence-electron chi connectivity index (χ1n) is 13.7. The van der Waals surface area contributed by atoms with Gasteiger partial charge in [-0.3, -0.25) is 13.9 Å². The van der Waals surface area contributed by atoms with Crippen LogP contribution in [0.15, 0.2) is 77.7 Å². The molecule has 0 aromatic heterocycles. The van der Waals surface area contributed by atoms with Gasteiger partial charge in [-0.1, -0.05) is 78.9 Å². The molecule has 1 N–H and O–H groups in total. The number of hydrogen-bond donors (Lipinski definition) is 1. The van der Waals surface area contributed by atoms with Crippen molar-refractivity contribution >= 4 is 39.1 Å². The van der Waals surface area contributed by atoms with Crippen LogP contribution in [0.1, 0.15) is 50.2 Å². The minimum Gasteiger partial charge on any atom is -0.352 e. The number of sulfonamides is 1. The number of amides is 2. The molecule has 41 heavy (non-hydrogen) atoms. The Hall–Kier alpha value is -3.43. The first-order chi connectivity index (χ1) is 19.6. The zero-order valence-electron chi connectivity index (χ0n) is 23.2. The lowest BCUT2D eigenvalue weighted by molar-refractivity contribution is -0.139. The Balaban J connectivity index is 1.68. The number of nitrogens with zero attached hydrogens (tertiary/aromatic N) is 2.